The van der Waals surface area contributed by atoms with Crippen LogP contribution in [0.2, 0.25) is 0 Å². The minimum atomic E-state index is -0.230. The summed E-state index contributed by atoms with van der Waals surface area (Å²) in [7, 11) is 0. The molecule has 5 heteroatoms. The van der Waals surface area contributed by atoms with Gasteiger partial charge in [0.15, 0.2) is 18.8 Å². The van der Waals surface area contributed by atoms with E-state index in [1.165, 1.54) is 49.9 Å². The van der Waals surface area contributed by atoms with Crippen LogP contribution in [0.25, 0.3) is 55.5 Å². The van der Waals surface area contributed by atoms with E-state index in [2.05, 4.69) is 152 Å². The Labute approximate surface area is 269 Å². The van der Waals surface area contributed by atoms with Crippen molar-refractivity contribution in [3.05, 3.63) is 115 Å². The molecule has 46 heavy (non-hydrogen) atoms. The highest BCUT2D eigenvalue weighted by atomic mass is 16.3. The molecular weight excluding hydrogens is 564 g/mol. The number of pyridine rings is 2. The lowest BCUT2D eigenvalue weighted by molar-refractivity contribution is -0.725. The molecule has 0 saturated carbocycles. The molecule has 2 aliphatic rings. The number of hydrogen-bond donors (Lipinski definition) is 0. The van der Waals surface area contributed by atoms with Gasteiger partial charge in [-0.15, -0.1) is 0 Å². The predicted octanol–water partition coefficient (Wildman–Crippen LogP) is 8.89. The summed E-state index contributed by atoms with van der Waals surface area (Å²) in [5, 5.41) is 9.19. The standard InChI is InChI=1S/C41H40N4O/c1-6-41(7-2)29(25-43-23-13-12-17-31(43)33-24-36(40(3,4)5)42-45(33)41)39-28-20-22-35-38(27-15-9-11-18-34(27)46-35)37(28)32-21-19-26-14-8-10-16-30(26)44(32)39/h8-24,29,39H,6-7,25H2,1-5H3/q+2. The maximum Gasteiger partial charge on any atom is 0.230 e. The molecule has 2 atom stereocenters. The molecule has 3 aromatic carbocycles. The Kier molecular flexibility index (Phi) is 5.76. The van der Waals surface area contributed by atoms with Gasteiger partial charge in [0.05, 0.1) is 16.8 Å². The number of nitrogens with zero attached hydrogens (tertiary/aromatic N) is 4. The van der Waals surface area contributed by atoms with Gasteiger partial charge in [-0.2, -0.15) is 14.2 Å². The molecule has 5 nitrogen and oxygen atoms in total. The number of fused-ring (bicyclic) bond motifs is 12. The van der Waals surface area contributed by atoms with Gasteiger partial charge in [-0.1, -0.05) is 65.0 Å². The monoisotopic (exact) mass is 604 g/mol. The first-order valence-electron chi connectivity index (χ1n) is 16.8. The molecule has 0 radical (unpaired) electrons. The zero-order valence-corrected chi connectivity index (χ0v) is 27.3. The van der Waals surface area contributed by atoms with Crippen LogP contribution in [0.5, 0.6) is 0 Å². The molecule has 0 amide bonds. The largest absolute Gasteiger partial charge is 0.456 e. The van der Waals surface area contributed by atoms with E-state index in [4.69, 9.17) is 9.52 Å². The van der Waals surface area contributed by atoms with Crippen molar-refractivity contribution >= 4 is 32.8 Å². The second-order valence-electron chi connectivity index (χ2n) is 14.3. The fourth-order valence-electron chi connectivity index (χ4n) is 8.77. The molecule has 0 N–H and O–H groups in total. The van der Waals surface area contributed by atoms with Gasteiger partial charge in [-0.05, 0) is 55.3 Å². The summed E-state index contributed by atoms with van der Waals surface area (Å²) >= 11 is 0. The van der Waals surface area contributed by atoms with Crippen molar-refractivity contribution in [1.29, 1.82) is 0 Å². The Morgan fingerprint density at radius 3 is 2.46 bits per heavy atom. The molecular formula is C41H40N4O+2. The number of benzene rings is 3. The molecule has 0 saturated heterocycles. The van der Waals surface area contributed by atoms with Crippen molar-refractivity contribution < 1.29 is 13.6 Å². The number of rotatable bonds is 3. The topological polar surface area (TPSA) is 38.7 Å². The Morgan fingerprint density at radius 2 is 1.63 bits per heavy atom. The van der Waals surface area contributed by atoms with Crippen LogP contribution in [-0.4, -0.2) is 9.78 Å². The van der Waals surface area contributed by atoms with Crippen LogP contribution in [0.3, 0.4) is 0 Å². The minimum Gasteiger partial charge on any atom is -0.456 e. The average Bonchev–Trinajstić information content (AvgIpc) is 3.76. The summed E-state index contributed by atoms with van der Waals surface area (Å²) in [6.07, 6.45) is 4.23. The molecule has 2 aliphatic heterocycles. The van der Waals surface area contributed by atoms with E-state index in [1.54, 1.807) is 0 Å². The van der Waals surface area contributed by atoms with Crippen molar-refractivity contribution in [2.45, 2.75) is 71.0 Å². The molecule has 228 valence electrons. The van der Waals surface area contributed by atoms with Gasteiger partial charge in [0, 0.05) is 51.4 Å². The zero-order chi connectivity index (χ0) is 31.4. The number of aromatic nitrogens is 4. The summed E-state index contributed by atoms with van der Waals surface area (Å²) in [4.78, 5) is 0. The summed E-state index contributed by atoms with van der Waals surface area (Å²) in [6, 6.07) is 35.6. The second-order valence-corrected chi connectivity index (χ2v) is 14.3. The third kappa shape index (κ3) is 3.60. The van der Waals surface area contributed by atoms with Crippen LogP contribution >= 0.6 is 0 Å². The molecule has 4 aromatic heterocycles. The highest BCUT2D eigenvalue weighted by Crippen LogP contribution is 2.52. The molecule has 9 rings (SSSR count). The van der Waals surface area contributed by atoms with Crippen LogP contribution in [0.4, 0.5) is 0 Å². The summed E-state index contributed by atoms with van der Waals surface area (Å²) in [5.74, 6) is 0.203. The predicted molar refractivity (Wildman–Crippen MR) is 184 cm³/mol. The second kappa shape index (κ2) is 9.62. The van der Waals surface area contributed by atoms with E-state index in [0.717, 1.165) is 36.2 Å². The number of hydrogen-bond acceptors (Lipinski definition) is 2. The van der Waals surface area contributed by atoms with Crippen LogP contribution in [0, 0.1) is 5.92 Å². The fourth-order valence-corrected chi connectivity index (χ4v) is 8.77. The van der Waals surface area contributed by atoms with Gasteiger partial charge in [0.1, 0.15) is 22.8 Å². The molecule has 6 heterocycles. The van der Waals surface area contributed by atoms with Crippen molar-refractivity contribution in [2.75, 3.05) is 0 Å². The van der Waals surface area contributed by atoms with E-state index >= 15 is 0 Å². The quantitative estimate of drug-likeness (QED) is 0.189. The number of para-hydroxylation sites is 2. The lowest BCUT2D eigenvalue weighted by Gasteiger charge is -2.39. The van der Waals surface area contributed by atoms with E-state index in [1.807, 2.05) is 0 Å². The third-order valence-corrected chi connectivity index (χ3v) is 11.1. The van der Waals surface area contributed by atoms with Gasteiger partial charge in [0.25, 0.3) is 0 Å². The molecule has 7 aromatic rings. The lowest BCUT2D eigenvalue weighted by Crippen LogP contribution is -2.56. The van der Waals surface area contributed by atoms with Gasteiger partial charge >= 0.3 is 0 Å². The van der Waals surface area contributed by atoms with E-state index < -0.39 is 0 Å². The molecule has 2 unspecified atom stereocenters. The van der Waals surface area contributed by atoms with Gasteiger partial charge < -0.3 is 4.42 Å². The minimum absolute atomic E-state index is 0.0625. The highest BCUT2D eigenvalue weighted by molar-refractivity contribution is 6.13. The van der Waals surface area contributed by atoms with Gasteiger partial charge in [0.2, 0.25) is 16.9 Å². The zero-order valence-electron chi connectivity index (χ0n) is 27.3. The van der Waals surface area contributed by atoms with E-state index in [-0.39, 0.29) is 22.9 Å². The maximum absolute atomic E-state index is 6.46. The molecule has 0 spiro atoms. The van der Waals surface area contributed by atoms with Crippen LogP contribution in [0.15, 0.2) is 108 Å². The average molecular weight is 605 g/mol. The first-order chi connectivity index (χ1) is 22.3. The summed E-state index contributed by atoms with van der Waals surface area (Å²) in [5.41, 5.74) is 10.4. The van der Waals surface area contributed by atoms with Crippen molar-refractivity contribution in [1.82, 2.24) is 9.78 Å². The Balaban J connectivity index is 1.41. The Morgan fingerprint density at radius 1 is 0.848 bits per heavy atom. The normalized spacial score (nSPS) is 18.4. The first kappa shape index (κ1) is 27.5. The summed E-state index contributed by atoms with van der Waals surface area (Å²) in [6.45, 7) is 12.5. The maximum atomic E-state index is 6.46. The fraction of sp³-hybridized carbons (Fsp3) is 0.293. The Hall–Kier alpha value is -4.77. The van der Waals surface area contributed by atoms with Crippen LogP contribution < -0.4 is 9.13 Å². The first-order valence-corrected chi connectivity index (χ1v) is 16.8. The smallest absolute Gasteiger partial charge is 0.230 e. The highest BCUT2D eigenvalue weighted by Gasteiger charge is 2.57. The molecule has 0 aliphatic carbocycles. The third-order valence-electron chi connectivity index (χ3n) is 11.1. The van der Waals surface area contributed by atoms with Crippen LogP contribution in [-0.2, 0) is 17.5 Å². The van der Waals surface area contributed by atoms with E-state index in [0.29, 0.717) is 0 Å². The van der Waals surface area contributed by atoms with Crippen molar-refractivity contribution in [3.8, 4) is 22.6 Å². The van der Waals surface area contributed by atoms with Crippen molar-refractivity contribution in [2.24, 2.45) is 5.92 Å². The summed E-state index contributed by atoms with van der Waals surface area (Å²) < 4.78 is 14.1. The molecule has 0 fully saturated rings. The van der Waals surface area contributed by atoms with Gasteiger partial charge in [-0.3, -0.25) is 4.68 Å². The van der Waals surface area contributed by atoms with Gasteiger partial charge in [-0.25, -0.2) is 0 Å². The SMILES string of the molecule is CCC1(CC)C(C2c3ccc4oc5ccccc5c4c3-c3ccc4ccccc4[n+]32)C[n+]2ccccc2-c2cc(C(C)(C)C)nn21. The lowest BCUT2D eigenvalue weighted by atomic mass is 9.73. The Bertz CT molecular complexity index is 2330. The van der Waals surface area contributed by atoms with Crippen LogP contribution in [0.1, 0.15) is 64.8 Å². The number of furan rings is 1. The van der Waals surface area contributed by atoms with Crippen molar-refractivity contribution in [3.63, 3.8) is 0 Å². The van der Waals surface area contributed by atoms with E-state index in [9.17, 15) is 0 Å². The molecule has 0 bridgehead atoms.